The van der Waals surface area contributed by atoms with Crippen LogP contribution in [0.5, 0.6) is 5.75 Å². The van der Waals surface area contributed by atoms with E-state index in [9.17, 15) is 19.7 Å². The summed E-state index contributed by atoms with van der Waals surface area (Å²) < 4.78 is 9.93. The van der Waals surface area contributed by atoms with Gasteiger partial charge in [-0.05, 0) is 24.3 Å². The molecule has 2 rings (SSSR count). The molecule has 0 aliphatic rings. The summed E-state index contributed by atoms with van der Waals surface area (Å²) in [6, 6.07) is 7.94. The van der Waals surface area contributed by atoms with Gasteiger partial charge in [0.05, 0.1) is 28.3 Å². The SMILES string of the molecule is COc1ccc(Cl)cc1NC(=O)COC(=O)c1cc([N+](=O)[O-])ccc1Cl. The average Bonchev–Trinajstić information content (AvgIpc) is 2.60. The second-order valence-corrected chi connectivity index (χ2v) is 5.73. The number of carbonyl (C=O) groups excluding carboxylic acids is 2. The van der Waals surface area contributed by atoms with Crippen molar-refractivity contribution in [3.63, 3.8) is 0 Å². The van der Waals surface area contributed by atoms with E-state index in [4.69, 9.17) is 32.7 Å². The van der Waals surface area contributed by atoms with E-state index < -0.39 is 23.4 Å². The number of halogens is 2. The van der Waals surface area contributed by atoms with Crippen molar-refractivity contribution in [3.8, 4) is 5.75 Å². The molecule has 1 N–H and O–H groups in total. The predicted octanol–water partition coefficient (Wildman–Crippen LogP) is 3.71. The summed E-state index contributed by atoms with van der Waals surface area (Å²) in [6.07, 6.45) is 0. The van der Waals surface area contributed by atoms with Crippen LogP contribution in [0.1, 0.15) is 10.4 Å². The zero-order chi connectivity index (χ0) is 19.3. The number of carbonyl (C=O) groups is 2. The zero-order valence-corrected chi connectivity index (χ0v) is 14.8. The van der Waals surface area contributed by atoms with Crippen molar-refractivity contribution in [1.82, 2.24) is 0 Å². The van der Waals surface area contributed by atoms with Gasteiger partial charge in [0.25, 0.3) is 11.6 Å². The fourth-order valence-electron chi connectivity index (χ4n) is 1.96. The molecule has 0 atom stereocenters. The lowest BCUT2D eigenvalue weighted by atomic mass is 10.2. The summed E-state index contributed by atoms with van der Waals surface area (Å²) in [5.41, 5.74) is -0.238. The number of nitro benzene ring substituents is 1. The maximum atomic E-state index is 12.0. The van der Waals surface area contributed by atoms with Crippen LogP contribution in [0.15, 0.2) is 36.4 Å². The first-order valence-corrected chi connectivity index (χ1v) is 7.82. The summed E-state index contributed by atoms with van der Waals surface area (Å²) >= 11 is 11.7. The third-order valence-electron chi connectivity index (χ3n) is 3.15. The number of hydrogen-bond acceptors (Lipinski definition) is 6. The van der Waals surface area contributed by atoms with Crippen LogP contribution in [0.2, 0.25) is 10.0 Å². The fraction of sp³-hybridized carbons (Fsp3) is 0.125. The molecule has 136 valence electrons. The van der Waals surface area contributed by atoms with Gasteiger partial charge >= 0.3 is 5.97 Å². The van der Waals surface area contributed by atoms with Crippen LogP contribution in [0.4, 0.5) is 11.4 Å². The molecule has 0 unspecified atom stereocenters. The molecule has 0 saturated carbocycles. The summed E-state index contributed by atoms with van der Waals surface area (Å²) in [5, 5.41) is 13.6. The van der Waals surface area contributed by atoms with Gasteiger partial charge < -0.3 is 14.8 Å². The number of rotatable bonds is 6. The van der Waals surface area contributed by atoms with Crippen LogP contribution in [0, 0.1) is 10.1 Å². The average molecular weight is 399 g/mol. The highest BCUT2D eigenvalue weighted by atomic mass is 35.5. The van der Waals surface area contributed by atoms with E-state index in [1.165, 1.54) is 19.2 Å². The molecule has 2 aromatic rings. The number of anilines is 1. The number of benzene rings is 2. The Kier molecular flexibility index (Phi) is 6.37. The number of methoxy groups -OCH3 is 1. The van der Waals surface area contributed by atoms with Crippen LogP contribution in [-0.4, -0.2) is 30.5 Å². The van der Waals surface area contributed by atoms with Gasteiger partial charge in [0.1, 0.15) is 5.75 Å². The van der Waals surface area contributed by atoms with Gasteiger partial charge in [-0.15, -0.1) is 0 Å². The van der Waals surface area contributed by atoms with E-state index in [-0.39, 0.29) is 16.3 Å². The molecule has 0 aliphatic carbocycles. The minimum absolute atomic E-state index is 0.0301. The van der Waals surface area contributed by atoms with Crippen molar-refractivity contribution in [1.29, 1.82) is 0 Å². The number of amides is 1. The van der Waals surface area contributed by atoms with Crippen LogP contribution in [-0.2, 0) is 9.53 Å². The number of nitro groups is 1. The molecule has 0 heterocycles. The Morgan fingerprint density at radius 1 is 1.19 bits per heavy atom. The van der Waals surface area contributed by atoms with Gasteiger partial charge in [0.2, 0.25) is 0 Å². The number of non-ortho nitro benzene ring substituents is 1. The molecule has 0 aromatic heterocycles. The van der Waals surface area contributed by atoms with Crippen molar-refractivity contribution in [2.24, 2.45) is 0 Å². The number of esters is 1. The monoisotopic (exact) mass is 398 g/mol. The van der Waals surface area contributed by atoms with Crippen LogP contribution >= 0.6 is 23.2 Å². The van der Waals surface area contributed by atoms with Gasteiger partial charge in [-0.1, -0.05) is 23.2 Å². The van der Waals surface area contributed by atoms with E-state index in [1.807, 2.05) is 0 Å². The molecule has 8 nitrogen and oxygen atoms in total. The van der Waals surface area contributed by atoms with Crippen molar-refractivity contribution in [2.75, 3.05) is 19.0 Å². The maximum absolute atomic E-state index is 12.0. The van der Waals surface area contributed by atoms with E-state index in [0.29, 0.717) is 16.5 Å². The minimum Gasteiger partial charge on any atom is -0.495 e. The van der Waals surface area contributed by atoms with Crippen molar-refractivity contribution in [2.45, 2.75) is 0 Å². The molecule has 0 radical (unpaired) electrons. The molecule has 0 saturated heterocycles. The molecule has 1 amide bonds. The van der Waals surface area contributed by atoms with E-state index in [1.54, 1.807) is 12.1 Å². The molecule has 2 aromatic carbocycles. The van der Waals surface area contributed by atoms with Crippen molar-refractivity contribution < 1.29 is 24.0 Å². The van der Waals surface area contributed by atoms with E-state index in [2.05, 4.69) is 5.32 Å². The second kappa shape index (κ2) is 8.50. The van der Waals surface area contributed by atoms with Gasteiger partial charge in [0.15, 0.2) is 6.61 Å². The maximum Gasteiger partial charge on any atom is 0.340 e. The topological polar surface area (TPSA) is 108 Å². The largest absolute Gasteiger partial charge is 0.495 e. The van der Waals surface area contributed by atoms with E-state index >= 15 is 0 Å². The van der Waals surface area contributed by atoms with E-state index in [0.717, 1.165) is 12.1 Å². The Bertz CT molecular complexity index is 872. The van der Waals surface area contributed by atoms with Crippen LogP contribution in [0.3, 0.4) is 0 Å². The smallest absolute Gasteiger partial charge is 0.340 e. The third-order valence-corrected chi connectivity index (χ3v) is 3.72. The number of nitrogens with one attached hydrogen (secondary N) is 1. The Morgan fingerprint density at radius 3 is 2.58 bits per heavy atom. The highest BCUT2D eigenvalue weighted by molar-refractivity contribution is 6.33. The first-order chi connectivity index (χ1) is 12.3. The van der Waals surface area contributed by atoms with Crippen molar-refractivity contribution in [3.05, 3.63) is 62.1 Å². The lowest BCUT2D eigenvalue weighted by Crippen LogP contribution is -2.21. The molecule has 0 fully saturated rings. The Balaban J connectivity index is 2.04. The molecule has 0 bridgehead atoms. The Labute approximate surface area is 157 Å². The molecule has 0 spiro atoms. The van der Waals surface area contributed by atoms with Gasteiger partial charge in [-0.25, -0.2) is 4.79 Å². The lowest BCUT2D eigenvalue weighted by molar-refractivity contribution is -0.384. The van der Waals surface area contributed by atoms with Gasteiger partial charge in [-0.3, -0.25) is 14.9 Å². The van der Waals surface area contributed by atoms with Gasteiger partial charge in [-0.2, -0.15) is 0 Å². The first kappa shape index (κ1) is 19.5. The molecular formula is C16H12Cl2N2O6. The first-order valence-electron chi connectivity index (χ1n) is 7.06. The molecule has 10 heteroatoms. The molecule has 26 heavy (non-hydrogen) atoms. The summed E-state index contributed by atoms with van der Waals surface area (Å²) in [7, 11) is 1.42. The fourth-order valence-corrected chi connectivity index (χ4v) is 2.32. The normalized spacial score (nSPS) is 10.1. The Hall–Kier alpha value is -2.84. The highest BCUT2D eigenvalue weighted by Gasteiger charge is 2.18. The summed E-state index contributed by atoms with van der Waals surface area (Å²) in [6.45, 7) is -0.631. The van der Waals surface area contributed by atoms with Crippen LogP contribution < -0.4 is 10.1 Å². The second-order valence-electron chi connectivity index (χ2n) is 4.89. The zero-order valence-electron chi connectivity index (χ0n) is 13.3. The van der Waals surface area contributed by atoms with Crippen LogP contribution in [0.25, 0.3) is 0 Å². The highest BCUT2D eigenvalue weighted by Crippen LogP contribution is 2.27. The lowest BCUT2D eigenvalue weighted by Gasteiger charge is -2.11. The van der Waals surface area contributed by atoms with Crippen molar-refractivity contribution >= 4 is 46.5 Å². The van der Waals surface area contributed by atoms with Gasteiger partial charge in [0, 0.05) is 17.2 Å². The summed E-state index contributed by atoms with van der Waals surface area (Å²) in [4.78, 5) is 34.1. The standard InChI is InChI=1S/C16H12Cl2N2O6/c1-25-14-5-2-9(17)6-13(14)19-15(21)8-26-16(22)11-7-10(20(23)24)3-4-12(11)18/h2-7H,8H2,1H3,(H,19,21). The molecular weight excluding hydrogens is 387 g/mol. The predicted molar refractivity (Wildman–Crippen MR) is 95.0 cm³/mol. The third kappa shape index (κ3) is 4.84. The molecule has 0 aliphatic heterocycles. The summed E-state index contributed by atoms with van der Waals surface area (Å²) in [5.74, 6) is -1.25. The number of nitrogens with zero attached hydrogens (tertiary/aromatic N) is 1. The number of hydrogen-bond donors (Lipinski definition) is 1. The Morgan fingerprint density at radius 2 is 1.92 bits per heavy atom. The quantitative estimate of drug-likeness (QED) is 0.451. The minimum atomic E-state index is -0.966. The number of ether oxygens (including phenoxy) is 2.